The lowest BCUT2D eigenvalue weighted by Gasteiger charge is -2.29. The van der Waals surface area contributed by atoms with Crippen LogP contribution in [0.1, 0.15) is 26.3 Å². The molecule has 1 N–H and O–H groups in total. The second-order valence-electron chi connectivity index (χ2n) is 7.21. The molecule has 2 amide bonds. The van der Waals surface area contributed by atoms with Crippen molar-refractivity contribution < 1.29 is 14.3 Å². The van der Waals surface area contributed by atoms with E-state index in [1.54, 1.807) is 19.1 Å². The van der Waals surface area contributed by atoms with Gasteiger partial charge < -0.3 is 15.0 Å². The zero-order valence-electron chi connectivity index (χ0n) is 16.8. The van der Waals surface area contributed by atoms with Crippen LogP contribution in [0.3, 0.4) is 0 Å². The van der Waals surface area contributed by atoms with Crippen LogP contribution in [0.2, 0.25) is 5.02 Å². The molecule has 7 heteroatoms. The number of amides is 2. The summed E-state index contributed by atoms with van der Waals surface area (Å²) in [5.41, 5.74) is 0.889. The molecule has 5 nitrogen and oxygen atoms in total. The molecule has 29 heavy (non-hydrogen) atoms. The smallest absolute Gasteiger partial charge is 0.261 e. The van der Waals surface area contributed by atoms with E-state index in [4.69, 9.17) is 16.3 Å². The zero-order chi connectivity index (χ0) is 21.4. The van der Waals surface area contributed by atoms with E-state index in [0.717, 1.165) is 9.13 Å². The van der Waals surface area contributed by atoms with Crippen molar-refractivity contribution in [1.29, 1.82) is 0 Å². The van der Waals surface area contributed by atoms with Crippen LogP contribution in [-0.4, -0.2) is 35.9 Å². The van der Waals surface area contributed by atoms with Gasteiger partial charge in [0.25, 0.3) is 5.91 Å². The van der Waals surface area contributed by atoms with E-state index in [2.05, 4.69) is 27.9 Å². The van der Waals surface area contributed by atoms with Crippen molar-refractivity contribution in [2.75, 3.05) is 13.2 Å². The third-order valence-corrected chi connectivity index (χ3v) is 5.27. The normalized spacial score (nSPS) is 11.8. The average molecular weight is 529 g/mol. The summed E-state index contributed by atoms with van der Waals surface area (Å²) in [6.45, 7) is 6.49. The van der Waals surface area contributed by atoms with Gasteiger partial charge >= 0.3 is 0 Å². The molecule has 0 aromatic heterocycles. The van der Waals surface area contributed by atoms with Crippen LogP contribution in [0.15, 0.2) is 48.5 Å². The molecule has 1 atom stereocenters. The van der Waals surface area contributed by atoms with Crippen molar-refractivity contribution in [2.45, 2.75) is 33.4 Å². The monoisotopic (exact) mass is 528 g/mol. The van der Waals surface area contributed by atoms with Crippen LogP contribution in [0, 0.1) is 9.49 Å². The Hall–Kier alpha value is -1.80. The van der Waals surface area contributed by atoms with E-state index in [1.165, 1.54) is 4.90 Å². The quantitative estimate of drug-likeness (QED) is 0.487. The van der Waals surface area contributed by atoms with Crippen molar-refractivity contribution in [2.24, 2.45) is 5.92 Å². The molecule has 1 unspecified atom stereocenters. The SMILES string of the molecule is CC(C)CNC(=O)C(C)N(Cc1ccc(Cl)cc1)C(=O)COc1ccc(I)cc1. The first-order chi connectivity index (χ1) is 13.8. The lowest BCUT2D eigenvalue weighted by atomic mass is 10.1. The molecule has 2 rings (SSSR count). The first-order valence-electron chi connectivity index (χ1n) is 9.46. The number of hydrogen-bond acceptors (Lipinski definition) is 3. The highest BCUT2D eigenvalue weighted by Crippen LogP contribution is 2.16. The van der Waals surface area contributed by atoms with Crippen molar-refractivity contribution in [1.82, 2.24) is 10.2 Å². The second-order valence-corrected chi connectivity index (χ2v) is 8.89. The van der Waals surface area contributed by atoms with Crippen molar-refractivity contribution in [3.05, 3.63) is 62.7 Å². The molecule has 0 aliphatic rings. The lowest BCUT2D eigenvalue weighted by molar-refractivity contribution is -0.142. The van der Waals surface area contributed by atoms with Crippen LogP contribution >= 0.6 is 34.2 Å². The number of nitrogens with one attached hydrogen (secondary N) is 1. The van der Waals surface area contributed by atoms with Gasteiger partial charge in [0.15, 0.2) is 6.61 Å². The molecule has 0 spiro atoms. The van der Waals surface area contributed by atoms with Gasteiger partial charge in [-0.1, -0.05) is 37.6 Å². The molecule has 0 radical (unpaired) electrons. The number of halogens is 2. The van der Waals surface area contributed by atoms with Gasteiger partial charge in [0.2, 0.25) is 5.91 Å². The maximum absolute atomic E-state index is 12.9. The predicted octanol–water partition coefficient (Wildman–Crippen LogP) is 4.51. The van der Waals surface area contributed by atoms with E-state index in [0.29, 0.717) is 29.8 Å². The number of carbonyl (C=O) groups is 2. The maximum Gasteiger partial charge on any atom is 0.261 e. The molecule has 0 aliphatic heterocycles. The third-order valence-electron chi connectivity index (χ3n) is 4.29. The first-order valence-corrected chi connectivity index (χ1v) is 10.9. The topological polar surface area (TPSA) is 58.6 Å². The summed E-state index contributed by atoms with van der Waals surface area (Å²) in [5, 5.41) is 3.52. The minimum atomic E-state index is -0.628. The Morgan fingerprint density at radius 2 is 1.69 bits per heavy atom. The summed E-state index contributed by atoms with van der Waals surface area (Å²) in [5.74, 6) is 0.499. The fourth-order valence-corrected chi connectivity index (χ4v) is 3.07. The fraction of sp³-hybridized carbons (Fsp3) is 0.364. The Morgan fingerprint density at radius 3 is 2.28 bits per heavy atom. The Kier molecular flexibility index (Phi) is 9.23. The van der Waals surface area contributed by atoms with Crippen molar-refractivity contribution in [3.8, 4) is 5.75 Å². The summed E-state index contributed by atoms with van der Waals surface area (Å²) in [7, 11) is 0. The number of ether oxygens (including phenoxy) is 1. The molecule has 0 aliphatic carbocycles. The highest BCUT2D eigenvalue weighted by atomic mass is 127. The van der Waals surface area contributed by atoms with Gasteiger partial charge in [-0.05, 0) is 77.4 Å². The molecular weight excluding hydrogens is 503 g/mol. The van der Waals surface area contributed by atoms with E-state index < -0.39 is 6.04 Å². The van der Waals surface area contributed by atoms with Gasteiger partial charge in [0.05, 0.1) is 0 Å². The van der Waals surface area contributed by atoms with Crippen molar-refractivity contribution in [3.63, 3.8) is 0 Å². The van der Waals surface area contributed by atoms with Gasteiger partial charge in [-0.3, -0.25) is 9.59 Å². The first kappa shape index (κ1) is 23.5. The number of nitrogens with zero attached hydrogens (tertiary/aromatic N) is 1. The summed E-state index contributed by atoms with van der Waals surface area (Å²) < 4.78 is 6.73. The highest BCUT2D eigenvalue weighted by Gasteiger charge is 2.26. The van der Waals surface area contributed by atoms with E-state index in [1.807, 2.05) is 50.2 Å². The second kappa shape index (κ2) is 11.4. The van der Waals surface area contributed by atoms with Crippen LogP contribution in [0.4, 0.5) is 0 Å². The zero-order valence-corrected chi connectivity index (χ0v) is 19.7. The van der Waals surface area contributed by atoms with Gasteiger partial charge in [0.1, 0.15) is 11.8 Å². The molecule has 0 saturated heterocycles. The van der Waals surface area contributed by atoms with Gasteiger partial charge in [-0.25, -0.2) is 0 Å². The Morgan fingerprint density at radius 1 is 1.07 bits per heavy atom. The lowest BCUT2D eigenvalue weighted by Crippen LogP contribution is -2.49. The Balaban J connectivity index is 2.10. The fourth-order valence-electron chi connectivity index (χ4n) is 2.58. The molecule has 0 heterocycles. The van der Waals surface area contributed by atoms with Crippen LogP contribution in [0.25, 0.3) is 0 Å². The molecule has 2 aromatic rings. The predicted molar refractivity (Wildman–Crippen MR) is 124 cm³/mol. The van der Waals surface area contributed by atoms with E-state index >= 15 is 0 Å². The Bertz CT molecular complexity index is 810. The molecule has 0 fully saturated rings. The molecule has 0 saturated carbocycles. The number of carbonyl (C=O) groups excluding carboxylic acids is 2. The van der Waals surface area contributed by atoms with Gasteiger partial charge in [-0.15, -0.1) is 0 Å². The highest BCUT2D eigenvalue weighted by molar-refractivity contribution is 14.1. The minimum absolute atomic E-state index is 0.143. The van der Waals surface area contributed by atoms with Gasteiger partial charge in [0, 0.05) is 21.7 Å². The maximum atomic E-state index is 12.9. The summed E-state index contributed by atoms with van der Waals surface area (Å²) >= 11 is 8.17. The standard InChI is InChI=1S/C22H26ClIN2O3/c1-15(2)12-25-22(28)16(3)26(13-17-4-6-18(23)7-5-17)21(27)14-29-20-10-8-19(24)9-11-20/h4-11,15-16H,12-14H2,1-3H3,(H,25,28). The number of hydrogen-bond donors (Lipinski definition) is 1. The molecule has 2 aromatic carbocycles. The summed E-state index contributed by atoms with van der Waals surface area (Å²) in [4.78, 5) is 27.0. The van der Waals surface area contributed by atoms with Crippen LogP contribution < -0.4 is 10.1 Å². The summed E-state index contributed by atoms with van der Waals surface area (Å²) in [6.07, 6.45) is 0. The third kappa shape index (κ3) is 7.85. The number of benzene rings is 2. The minimum Gasteiger partial charge on any atom is -0.484 e. The Labute approximate surface area is 190 Å². The van der Waals surface area contributed by atoms with Crippen LogP contribution in [0.5, 0.6) is 5.75 Å². The average Bonchev–Trinajstić information content (AvgIpc) is 2.70. The van der Waals surface area contributed by atoms with E-state index in [-0.39, 0.29) is 18.4 Å². The molecular formula is C22H26ClIN2O3. The number of rotatable bonds is 9. The van der Waals surface area contributed by atoms with Gasteiger partial charge in [-0.2, -0.15) is 0 Å². The molecule has 0 bridgehead atoms. The molecule has 156 valence electrons. The van der Waals surface area contributed by atoms with Crippen LogP contribution in [-0.2, 0) is 16.1 Å². The summed E-state index contributed by atoms with van der Waals surface area (Å²) in [6, 6.07) is 14.1. The van der Waals surface area contributed by atoms with E-state index in [9.17, 15) is 9.59 Å². The largest absolute Gasteiger partial charge is 0.484 e. The van der Waals surface area contributed by atoms with Crippen molar-refractivity contribution >= 4 is 46.0 Å².